The number of para-hydroxylation sites is 1. The second kappa shape index (κ2) is 5.12. The van der Waals surface area contributed by atoms with Crippen molar-refractivity contribution in [1.82, 2.24) is 24.9 Å². The lowest BCUT2D eigenvalue weighted by atomic mass is 10.1. The van der Waals surface area contributed by atoms with E-state index in [1.54, 1.807) is 6.07 Å². The van der Waals surface area contributed by atoms with Gasteiger partial charge in [-0.15, -0.1) is 5.10 Å². The van der Waals surface area contributed by atoms with E-state index >= 15 is 0 Å². The van der Waals surface area contributed by atoms with E-state index in [1.807, 2.05) is 46.1 Å². The third-order valence-corrected chi connectivity index (χ3v) is 4.86. The Kier molecular flexibility index (Phi) is 2.92. The van der Waals surface area contributed by atoms with Crippen molar-refractivity contribution in [2.45, 2.75) is 24.8 Å². The number of nitrogens with zero attached hydrogens (tertiary/aromatic N) is 5. The Labute approximate surface area is 139 Å². The van der Waals surface area contributed by atoms with Gasteiger partial charge in [0.05, 0.1) is 17.3 Å². The van der Waals surface area contributed by atoms with E-state index < -0.39 is 0 Å². The van der Waals surface area contributed by atoms with E-state index in [-0.39, 0.29) is 11.9 Å². The smallest absolute Gasteiger partial charge is 0.272 e. The van der Waals surface area contributed by atoms with Crippen LogP contribution in [0, 0.1) is 0 Å². The van der Waals surface area contributed by atoms with Gasteiger partial charge in [-0.05, 0) is 25.0 Å². The van der Waals surface area contributed by atoms with Gasteiger partial charge in [0, 0.05) is 30.6 Å². The molecular weight excluding hydrogens is 302 g/mol. The maximum absolute atomic E-state index is 12.6. The molecule has 3 heterocycles. The summed E-state index contributed by atoms with van der Waals surface area (Å²) in [6.45, 7) is 1.33. The molecule has 6 heteroatoms. The molecular formula is C18H17N5O. The molecule has 2 aliphatic rings. The molecule has 2 fully saturated rings. The first kappa shape index (κ1) is 13.7. The van der Waals surface area contributed by atoms with Crippen LogP contribution in [0.5, 0.6) is 0 Å². The summed E-state index contributed by atoms with van der Waals surface area (Å²) in [6, 6.07) is 11.8. The molecule has 0 unspecified atom stereocenters. The fourth-order valence-electron chi connectivity index (χ4n) is 3.17. The summed E-state index contributed by atoms with van der Waals surface area (Å²) in [6.07, 6.45) is 4.49. The van der Waals surface area contributed by atoms with Crippen LogP contribution in [0.25, 0.3) is 10.9 Å². The first-order valence-corrected chi connectivity index (χ1v) is 8.35. The topological polar surface area (TPSA) is 63.9 Å². The normalized spacial score (nSPS) is 17.9. The first-order valence-electron chi connectivity index (χ1n) is 8.35. The van der Waals surface area contributed by atoms with Gasteiger partial charge in [-0.1, -0.05) is 29.5 Å². The number of pyridine rings is 1. The van der Waals surface area contributed by atoms with Gasteiger partial charge in [-0.2, -0.15) is 0 Å². The molecule has 1 amide bonds. The SMILES string of the molecule is O=C(c1ccc2ccccc2n1)N1CC(n2cc(C3CC3)nn2)C1. The molecule has 1 saturated carbocycles. The quantitative estimate of drug-likeness (QED) is 0.743. The van der Waals surface area contributed by atoms with Crippen LogP contribution in [0.4, 0.5) is 0 Å². The largest absolute Gasteiger partial charge is 0.333 e. The van der Waals surface area contributed by atoms with Crippen LogP contribution in [-0.4, -0.2) is 43.9 Å². The van der Waals surface area contributed by atoms with E-state index in [1.165, 1.54) is 12.8 Å². The van der Waals surface area contributed by atoms with Crippen molar-refractivity contribution in [2.75, 3.05) is 13.1 Å². The zero-order valence-corrected chi connectivity index (χ0v) is 13.2. The second-order valence-electron chi connectivity index (χ2n) is 6.65. The van der Waals surface area contributed by atoms with E-state index in [4.69, 9.17) is 0 Å². The van der Waals surface area contributed by atoms with Crippen LogP contribution in [0.1, 0.15) is 41.0 Å². The van der Waals surface area contributed by atoms with Crippen LogP contribution in [0.15, 0.2) is 42.6 Å². The predicted octanol–water partition coefficient (Wildman–Crippen LogP) is 2.40. The molecule has 5 rings (SSSR count). The average Bonchev–Trinajstić information content (AvgIpc) is 3.32. The highest BCUT2D eigenvalue weighted by Crippen LogP contribution is 2.39. The number of hydrogen-bond acceptors (Lipinski definition) is 4. The molecule has 2 aromatic heterocycles. The van der Waals surface area contributed by atoms with Gasteiger partial charge in [0.15, 0.2) is 0 Å². The fourth-order valence-corrected chi connectivity index (χ4v) is 3.17. The van der Waals surface area contributed by atoms with Crippen LogP contribution < -0.4 is 0 Å². The number of hydrogen-bond donors (Lipinski definition) is 0. The van der Waals surface area contributed by atoms with E-state index in [9.17, 15) is 4.79 Å². The lowest BCUT2D eigenvalue weighted by Crippen LogP contribution is -2.51. The van der Waals surface area contributed by atoms with Crippen LogP contribution in [0.2, 0.25) is 0 Å². The zero-order chi connectivity index (χ0) is 16.1. The first-order chi connectivity index (χ1) is 11.8. The zero-order valence-electron chi connectivity index (χ0n) is 13.2. The highest BCUT2D eigenvalue weighted by atomic mass is 16.2. The Hall–Kier alpha value is -2.76. The summed E-state index contributed by atoms with van der Waals surface area (Å²) >= 11 is 0. The van der Waals surface area contributed by atoms with Gasteiger partial charge in [0.2, 0.25) is 0 Å². The van der Waals surface area contributed by atoms with Crippen molar-refractivity contribution in [3.8, 4) is 0 Å². The molecule has 6 nitrogen and oxygen atoms in total. The van der Waals surface area contributed by atoms with Crippen LogP contribution >= 0.6 is 0 Å². The molecule has 0 bridgehead atoms. The second-order valence-corrected chi connectivity index (χ2v) is 6.65. The standard InChI is InChI=1S/C18H17N5O/c24-18(16-8-7-12-3-1-2-4-15(12)19-16)22-9-14(10-22)23-11-17(20-21-23)13-5-6-13/h1-4,7-8,11,13-14H,5-6,9-10H2. The number of benzene rings is 1. The van der Waals surface area contributed by atoms with Gasteiger partial charge in [0.25, 0.3) is 5.91 Å². The number of aromatic nitrogens is 4. The summed E-state index contributed by atoms with van der Waals surface area (Å²) in [5.74, 6) is 0.595. The Bertz CT molecular complexity index is 924. The van der Waals surface area contributed by atoms with Gasteiger partial charge in [0.1, 0.15) is 5.69 Å². The number of fused-ring (bicyclic) bond motifs is 1. The molecule has 1 aliphatic heterocycles. The Morgan fingerprint density at radius 2 is 1.92 bits per heavy atom. The molecule has 3 aromatic rings. The summed E-state index contributed by atoms with van der Waals surface area (Å²) in [5.41, 5.74) is 2.45. The van der Waals surface area contributed by atoms with Crippen molar-refractivity contribution >= 4 is 16.8 Å². The molecule has 1 aromatic carbocycles. The minimum Gasteiger partial charge on any atom is -0.333 e. The van der Waals surface area contributed by atoms with Gasteiger partial charge in [-0.25, -0.2) is 9.67 Å². The number of rotatable bonds is 3. The molecule has 0 atom stereocenters. The molecule has 120 valence electrons. The van der Waals surface area contributed by atoms with Gasteiger partial charge < -0.3 is 4.90 Å². The maximum atomic E-state index is 12.6. The van der Waals surface area contributed by atoms with Gasteiger partial charge >= 0.3 is 0 Å². The number of likely N-dealkylation sites (tertiary alicyclic amines) is 1. The lowest BCUT2D eigenvalue weighted by molar-refractivity contribution is 0.0493. The highest BCUT2D eigenvalue weighted by molar-refractivity contribution is 5.95. The summed E-state index contributed by atoms with van der Waals surface area (Å²) in [5, 5.41) is 9.51. The van der Waals surface area contributed by atoms with E-state index in [0.29, 0.717) is 24.7 Å². The van der Waals surface area contributed by atoms with Crippen molar-refractivity contribution in [1.29, 1.82) is 0 Å². The fraction of sp³-hybridized carbons (Fsp3) is 0.333. The lowest BCUT2D eigenvalue weighted by Gasteiger charge is -2.38. The van der Waals surface area contributed by atoms with Crippen molar-refractivity contribution in [3.63, 3.8) is 0 Å². The van der Waals surface area contributed by atoms with E-state index in [0.717, 1.165) is 16.6 Å². The Balaban J connectivity index is 1.29. The Morgan fingerprint density at radius 3 is 2.75 bits per heavy atom. The number of carbonyl (C=O) groups is 1. The predicted molar refractivity (Wildman–Crippen MR) is 88.7 cm³/mol. The minimum absolute atomic E-state index is 0.0143. The third kappa shape index (κ3) is 2.26. The molecule has 0 radical (unpaired) electrons. The molecule has 1 aliphatic carbocycles. The molecule has 24 heavy (non-hydrogen) atoms. The summed E-state index contributed by atoms with van der Waals surface area (Å²) in [7, 11) is 0. The van der Waals surface area contributed by atoms with E-state index in [2.05, 4.69) is 15.3 Å². The van der Waals surface area contributed by atoms with Crippen LogP contribution in [0.3, 0.4) is 0 Å². The minimum atomic E-state index is -0.0143. The van der Waals surface area contributed by atoms with Crippen LogP contribution in [-0.2, 0) is 0 Å². The van der Waals surface area contributed by atoms with Crippen molar-refractivity contribution in [3.05, 3.63) is 54.0 Å². The molecule has 0 N–H and O–H groups in total. The van der Waals surface area contributed by atoms with Crippen molar-refractivity contribution in [2.24, 2.45) is 0 Å². The molecule has 1 saturated heterocycles. The maximum Gasteiger partial charge on any atom is 0.272 e. The number of amides is 1. The summed E-state index contributed by atoms with van der Waals surface area (Å²) < 4.78 is 1.91. The third-order valence-electron chi connectivity index (χ3n) is 4.86. The average molecular weight is 319 g/mol. The monoisotopic (exact) mass is 319 g/mol. The molecule has 0 spiro atoms. The highest BCUT2D eigenvalue weighted by Gasteiger charge is 2.35. The van der Waals surface area contributed by atoms with Gasteiger partial charge in [-0.3, -0.25) is 4.79 Å². The number of carbonyl (C=O) groups excluding carboxylic acids is 1. The Morgan fingerprint density at radius 1 is 1.08 bits per heavy atom. The van der Waals surface area contributed by atoms with Crippen molar-refractivity contribution < 1.29 is 4.79 Å². The summed E-state index contributed by atoms with van der Waals surface area (Å²) in [4.78, 5) is 18.9.